The third-order valence-corrected chi connectivity index (χ3v) is 2.80. The SMILES string of the molecule is COC(=O)CN(Cc1ccccc1)C(=O)c1cn[nH]c1. The summed E-state index contributed by atoms with van der Waals surface area (Å²) >= 11 is 0. The predicted molar refractivity (Wildman–Crippen MR) is 71.8 cm³/mol. The maximum atomic E-state index is 12.3. The molecule has 0 aliphatic rings. The fourth-order valence-corrected chi connectivity index (χ4v) is 1.77. The normalized spacial score (nSPS) is 10.1. The van der Waals surface area contributed by atoms with Gasteiger partial charge in [0.15, 0.2) is 0 Å². The number of rotatable bonds is 5. The Kier molecular flexibility index (Phi) is 4.49. The molecule has 0 saturated heterocycles. The molecular formula is C14H15N3O3. The number of esters is 1. The molecule has 1 aromatic carbocycles. The van der Waals surface area contributed by atoms with E-state index in [1.807, 2.05) is 30.3 Å². The molecule has 1 heterocycles. The van der Waals surface area contributed by atoms with Crippen molar-refractivity contribution in [3.8, 4) is 0 Å². The van der Waals surface area contributed by atoms with Crippen molar-refractivity contribution in [3.63, 3.8) is 0 Å². The molecule has 0 spiro atoms. The number of nitrogens with one attached hydrogen (secondary N) is 1. The van der Waals surface area contributed by atoms with Crippen molar-refractivity contribution < 1.29 is 14.3 Å². The van der Waals surface area contributed by atoms with Gasteiger partial charge in [-0.25, -0.2) is 0 Å². The van der Waals surface area contributed by atoms with Gasteiger partial charge in [0.1, 0.15) is 6.54 Å². The largest absolute Gasteiger partial charge is 0.468 e. The van der Waals surface area contributed by atoms with Crippen molar-refractivity contribution in [2.45, 2.75) is 6.54 Å². The molecular weight excluding hydrogens is 258 g/mol. The average molecular weight is 273 g/mol. The number of amides is 1. The molecule has 0 aliphatic carbocycles. The summed E-state index contributed by atoms with van der Waals surface area (Å²) in [4.78, 5) is 25.2. The highest BCUT2D eigenvalue weighted by atomic mass is 16.5. The van der Waals surface area contributed by atoms with Gasteiger partial charge in [-0.2, -0.15) is 5.10 Å². The lowest BCUT2D eigenvalue weighted by Crippen LogP contribution is -2.35. The number of methoxy groups -OCH3 is 1. The topological polar surface area (TPSA) is 75.3 Å². The second-order valence-electron chi connectivity index (χ2n) is 4.21. The third kappa shape index (κ3) is 3.44. The Morgan fingerprint density at radius 3 is 2.65 bits per heavy atom. The minimum Gasteiger partial charge on any atom is -0.468 e. The van der Waals surface area contributed by atoms with Crippen molar-refractivity contribution >= 4 is 11.9 Å². The number of hydrogen-bond donors (Lipinski definition) is 1. The highest BCUT2D eigenvalue weighted by molar-refractivity contribution is 5.95. The fraction of sp³-hybridized carbons (Fsp3) is 0.214. The molecule has 0 aliphatic heterocycles. The Bertz CT molecular complexity index is 567. The second kappa shape index (κ2) is 6.51. The van der Waals surface area contributed by atoms with E-state index in [-0.39, 0.29) is 12.5 Å². The first-order valence-corrected chi connectivity index (χ1v) is 6.09. The average Bonchev–Trinajstić information content (AvgIpc) is 3.01. The molecule has 104 valence electrons. The van der Waals surface area contributed by atoms with Crippen LogP contribution in [0.15, 0.2) is 42.7 Å². The van der Waals surface area contributed by atoms with Crippen LogP contribution in [0, 0.1) is 0 Å². The van der Waals surface area contributed by atoms with Crippen LogP contribution in [0.1, 0.15) is 15.9 Å². The molecule has 1 N–H and O–H groups in total. The van der Waals surface area contributed by atoms with Crippen LogP contribution < -0.4 is 0 Å². The second-order valence-corrected chi connectivity index (χ2v) is 4.21. The number of aromatic amines is 1. The minimum atomic E-state index is -0.460. The number of ether oxygens (including phenoxy) is 1. The van der Waals surface area contributed by atoms with E-state index in [0.717, 1.165) is 5.56 Å². The number of benzene rings is 1. The smallest absolute Gasteiger partial charge is 0.325 e. The van der Waals surface area contributed by atoms with Crippen LogP contribution in [-0.4, -0.2) is 40.6 Å². The summed E-state index contributed by atoms with van der Waals surface area (Å²) in [5.41, 5.74) is 1.35. The molecule has 0 unspecified atom stereocenters. The lowest BCUT2D eigenvalue weighted by atomic mass is 10.2. The van der Waals surface area contributed by atoms with Crippen LogP contribution in [0.4, 0.5) is 0 Å². The monoisotopic (exact) mass is 273 g/mol. The molecule has 2 rings (SSSR count). The van der Waals surface area contributed by atoms with Crippen LogP contribution in [0.3, 0.4) is 0 Å². The number of H-pyrrole nitrogens is 1. The molecule has 0 bridgehead atoms. The molecule has 0 radical (unpaired) electrons. The predicted octanol–water partition coefficient (Wildman–Crippen LogP) is 1.23. The number of carbonyl (C=O) groups is 2. The Morgan fingerprint density at radius 1 is 1.30 bits per heavy atom. The fourth-order valence-electron chi connectivity index (χ4n) is 1.77. The van der Waals surface area contributed by atoms with Crippen LogP contribution in [0.2, 0.25) is 0 Å². The van der Waals surface area contributed by atoms with Gasteiger partial charge in [0.2, 0.25) is 0 Å². The van der Waals surface area contributed by atoms with Crippen molar-refractivity contribution in [1.29, 1.82) is 0 Å². The van der Waals surface area contributed by atoms with E-state index < -0.39 is 5.97 Å². The van der Waals surface area contributed by atoms with Crippen molar-refractivity contribution in [2.75, 3.05) is 13.7 Å². The van der Waals surface area contributed by atoms with Crippen molar-refractivity contribution in [1.82, 2.24) is 15.1 Å². The van der Waals surface area contributed by atoms with Gasteiger partial charge in [0, 0.05) is 12.7 Å². The van der Waals surface area contributed by atoms with Gasteiger partial charge in [0.05, 0.1) is 18.9 Å². The Labute approximate surface area is 116 Å². The number of nitrogens with zero attached hydrogens (tertiary/aromatic N) is 2. The Balaban J connectivity index is 2.16. The van der Waals surface area contributed by atoms with Crippen molar-refractivity contribution in [3.05, 3.63) is 53.9 Å². The van der Waals surface area contributed by atoms with Crippen LogP contribution in [0.5, 0.6) is 0 Å². The van der Waals surface area contributed by atoms with Gasteiger partial charge in [-0.1, -0.05) is 30.3 Å². The van der Waals surface area contributed by atoms with E-state index in [4.69, 9.17) is 0 Å². The van der Waals surface area contributed by atoms with Gasteiger partial charge < -0.3 is 9.64 Å². The Hall–Kier alpha value is -2.63. The van der Waals surface area contributed by atoms with Gasteiger partial charge in [-0.15, -0.1) is 0 Å². The van der Waals surface area contributed by atoms with E-state index in [1.165, 1.54) is 24.4 Å². The molecule has 0 atom stereocenters. The van der Waals surface area contributed by atoms with Crippen LogP contribution in [-0.2, 0) is 16.1 Å². The first-order chi connectivity index (χ1) is 9.70. The first-order valence-electron chi connectivity index (χ1n) is 6.09. The molecule has 6 heteroatoms. The van der Waals surface area contributed by atoms with Gasteiger partial charge in [0.25, 0.3) is 5.91 Å². The van der Waals surface area contributed by atoms with Crippen LogP contribution >= 0.6 is 0 Å². The summed E-state index contributed by atoms with van der Waals surface area (Å²) in [5, 5.41) is 6.33. The number of carbonyl (C=O) groups excluding carboxylic acids is 2. The zero-order valence-corrected chi connectivity index (χ0v) is 11.1. The summed E-state index contributed by atoms with van der Waals surface area (Å²) in [6.45, 7) is 0.232. The highest BCUT2D eigenvalue weighted by Crippen LogP contribution is 2.09. The highest BCUT2D eigenvalue weighted by Gasteiger charge is 2.20. The summed E-state index contributed by atoms with van der Waals surface area (Å²) < 4.78 is 4.63. The lowest BCUT2D eigenvalue weighted by molar-refractivity contribution is -0.141. The molecule has 0 fully saturated rings. The van der Waals surface area contributed by atoms with E-state index in [2.05, 4.69) is 14.9 Å². The standard InChI is InChI=1S/C14H15N3O3/c1-20-13(18)10-17(9-11-5-3-2-4-6-11)14(19)12-7-15-16-8-12/h2-8H,9-10H2,1H3,(H,15,16). The molecule has 2 aromatic rings. The van der Waals surface area contributed by atoms with E-state index >= 15 is 0 Å². The molecule has 1 amide bonds. The molecule has 0 saturated carbocycles. The summed E-state index contributed by atoms with van der Waals surface area (Å²) in [5.74, 6) is -0.731. The van der Waals surface area contributed by atoms with Crippen molar-refractivity contribution in [2.24, 2.45) is 0 Å². The zero-order chi connectivity index (χ0) is 14.4. The minimum absolute atomic E-state index is 0.102. The van der Waals surface area contributed by atoms with Gasteiger partial charge in [-0.3, -0.25) is 14.7 Å². The molecule has 20 heavy (non-hydrogen) atoms. The van der Waals surface area contributed by atoms with Gasteiger partial charge in [-0.05, 0) is 5.56 Å². The maximum absolute atomic E-state index is 12.3. The zero-order valence-electron chi connectivity index (χ0n) is 11.1. The maximum Gasteiger partial charge on any atom is 0.325 e. The first kappa shape index (κ1) is 13.8. The van der Waals surface area contributed by atoms with E-state index in [0.29, 0.717) is 12.1 Å². The van der Waals surface area contributed by atoms with Crippen LogP contribution in [0.25, 0.3) is 0 Å². The molecule has 1 aromatic heterocycles. The summed E-state index contributed by atoms with van der Waals surface area (Å²) in [6, 6.07) is 9.45. The quantitative estimate of drug-likeness (QED) is 0.831. The third-order valence-electron chi connectivity index (χ3n) is 2.80. The summed E-state index contributed by atoms with van der Waals surface area (Å²) in [6.07, 6.45) is 2.93. The number of aromatic nitrogens is 2. The molecule has 6 nitrogen and oxygen atoms in total. The van der Waals surface area contributed by atoms with Gasteiger partial charge >= 0.3 is 5.97 Å². The number of hydrogen-bond acceptors (Lipinski definition) is 4. The Morgan fingerprint density at radius 2 is 2.05 bits per heavy atom. The summed E-state index contributed by atoms with van der Waals surface area (Å²) in [7, 11) is 1.30. The van der Waals surface area contributed by atoms with E-state index in [9.17, 15) is 9.59 Å². The van der Waals surface area contributed by atoms with E-state index in [1.54, 1.807) is 0 Å². The lowest BCUT2D eigenvalue weighted by Gasteiger charge is -2.20.